The molecule has 1 saturated heterocycles. The Hall–Kier alpha value is -2.13. The molecule has 0 radical (unpaired) electrons. The Morgan fingerprint density at radius 1 is 1.13 bits per heavy atom. The van der Waals surface area contributed by atoms with E-state index >= 15 is 0 Å². The van der Waals surface area contributed by atoms with Crippen LogP contribution >= 0.6 is 11.6 Å². The number of hydrogen-bond acceptors (Lipinski definition) is 5. The monoisotopic (exact) mass is 450 g/mol. The first kappa shape index (κ1) is 21.1. The van der Waals surface area contributed by atoms with Crippen molar-refractivity contribution in [2.45, 2.75) is 23.2 Å². The molecule has 1 aliphatic heterocycles. The van der Waals surface area contributed by atoms with Crippen LogP contribution in [0.25, 0.3) is 0 Å². The second kappa shape index (κ2) is 8.19. The summed E-state index contributed by atoms with van der Waals surface area (Å²) in [5.74, 6) is 0.0723. The fourth-order valence-electron chi connectivity index (χ4n) is 3.67. The highest BCUT2D eigenvalue weighted by Gasteiger charge is 2.51. The van der Waals surface area contributed by atoms with Crippen molar-refractivity contribution in [3.8, 4) is 5.75 Å². The number of hydrogen-bond donors (Lipinski definition) is 1. The number of anilines is 1. The van der Waals surface area contributed by atoms with Crippen LogP contribution in [0.1, 0.15) is 18.4 Å². The molecule has 1 heterocycles. The quantitative estimate of drug-likeness (QED) is 0.731. The van der Waals surface area contributed by atoms with E-state index in [2.05, 4.69) is 5.32 Å². The first-order valence-electron chi connectivity index (χ1n) is 9.70. The topological polar surface area (TPSA) is 84.9 Å². The molecule has 1 aliphatic carbocycles. The van der Waals surface area contributed by atoms with Crippen molar-refractivity contribution in [2.24, 2.45) is 0 Å². The molecule has 4 rings (SSSR count). The van der Waals surface area contributed by atoms with E-state index in [0.717, 1.165) is 18.4 Å². The van der Waals surface area contributed by atoms with Crippen molar-refractivity contribution in [3.63, 3.8) is 0 Å². The number of morpholine rings is 1. The van der Waals surface area contributed by atoms with Gasteiger partial charge in [-0.15, -0.1) is 0 Å². The van der Waals surface area contributed by atoms with E-state index in [1.54, 1.807) is 24.3 Å². The molecule has 0 aromatic heterocycles. The van der Waals surface area contributed by atoms with Gasteiger partial charge in [0.2, 0.25) is 15.9 Å². The summed E-state index contributed by atoms with van der Waals surface area (Å²) in [7, 11) is -2.36. The normalized spacial score (nSPS) is 18.6. The van der Waals surface area contributed by atoms with Crippen molar-refractivity contribution in [3.05, 3.63) is 53.1 Å². The minimum absolute atomic E-state index is 0.0287. The first-order chi connectivity index (χ1) is 14.4. The van der Waals surface area contributed by atoms with Crippen molar-refractivity contribution < 1.29 is 22.7 Å². The maximum Gasteiger partial charge on any atom is 0.246 e. The van der Waals surface area contributed by atoms with Crippen LogP contribution in [0.15, 0.2) is 47.4 Å². The number of nitrogens with one attached hydrogen (secondary N) is 1. The van der Waals surface area contributed by atoms with E-state index in [1.165, 1.54) is 17.5 Å². The Bertz CT molecular complexity index is 1050. The zero-order valence-electron chi connectivity index (χ0n) is 16.6. The molecule has 2 aromatic rings. The van der Waals surface area contributed by atoms with Gasteiger partial charge in [-0.3, -0.25) is 4.79 Å². The van der Waals surface area contributed by atoms with Gasteiger partial charge in [0.15, 0.2) is 0 Å². The van der Waals surface area contributed by atoms with Crippen LogP contribution in [-0.4, -0.2) is 52.0 Å². The number of halogens is 1. The van der Waals surface area contributed by atoms with Gasteiger partial charge in [-0.25, -0.2) is 8.42 Å². The van der Waals surface area contributed by atoms with Gasteiger partial charge in [0.25, 0.3) is 0 Å². The number of carbonyl (C=O) groups is 1. The summed E-state index contributed by atoms with van der Waals surface area (Å²) < 4.78 is 38.2. The van der Waals surface area contributed by atoms with Crippen LogP contribution in [0.4, 0.5) is 5.69 Å². The van der Waals surface area contributed by atoms with Gasteiger partial charge >= 0.3 is 0 Å². The summed E-state index contributed by atoms with van der Waals surface area (Å²) >= 11 is 5.96. The number of benzene rings is 2. The maximum absolute atomic E-state index is 13.1. The minimum atomic E-state index is -3.78. The van der Waals surface area contributed by atoms with Gasteiger partial charge in [-0.1, -0.05) is 23.7 Å². The van der Waals surface area contributed by atoms with Gasteiger partial charge in [0.05, 0.1) is 25.7 Å². The van der Waals surface area contributed by atoms with Gasteiger partial charge in [-0.05, 0) is 48.7 Å². The minimum Gasteiger partial charge on any atom is -0.495 e. The Balaban J connectivity index is 1.60. The molecule has 0 unspecified atom stereocenters. The lowest BCUT2D eigenvalue weighted by Gasteiger charge is -2.27. The van der Waals surface area contributed by atoms with E-state index in [1.807, 2.05) is 12.1 Å². The number of sulfonamides is 1. The molecule has 0 bridgehead atoms. The average molecular weight is 451 g/mol. The first-order valence-corrected chi connectivity index (χ1v) is 11.5. The van der Waals surface area contributed by atoms with Gasteiger partial charge < -0.3 is 14.8 Å². The Kier molecular flexibility index (Phi) is 5.76. The second-order valence-corrected chi connectivity index (χ2v) is 9.77. The molecule has 2 aliphatic rings. The predicted octanol–water partition coefficient (Wildman–Crippen LogP) is 3.04. The van der Waals surface area contributed by atoms with Gasteiger partial charge in [0.1, 0.15) is 10.6 Å². The largest absolute Gasteiger partial charge is 0.495 e. The van der Waals surface area contributed by atoms with Crippen LogP contribution < -0.4 is 10.1 Å². The third-order valence-corrected chi connectivity index (χ3v) is 7.76. The molecule has 30 heavy (non-hydrogen) atoms. The lowest BCUT2D eigenvalue weighted by atomic mass is 9.95. The molecule has 7 nitrogen and oxygen atoms in total. The highest BCUT2D eigenvalue weighted by molar-refractivity contribution is 7.89. The number of rotatable bonds is 6. The highest BCUT2D eigenvalue weighted by atomic mass is 35.5. The van der Waals surface area contributed by atoms with Crippen molar-refractivity contribution >= 4 is 33.2 Å². The van der Waals surface area contributed by atoms with Gasteiger partial charge in [-0.2, -0.15) is 4.31 Å². The number of nitrogens with zero attached hydrogens (tertiary/aromatic N) is 1. The van der Waals surface area contributed by atoms with E-state index in [0.29, 0.717) is 23.9 Å². The summed E-state index contributed by atoms with van der Waals surface area (Å²) in [5.41, 5.74) is 0.709. The number of ether oxygens (including phenoxy) is 2. The lowest BCUT2D eigenvalue weighted by molar-refractivity contribution is -0.118. The lowest BCUT2D eigenvalue weighted by Crippen LogP contribution is -2.40. The number of methoxy groups -OCH3 is 1. The van der Waals surface area contributed by atoms with Crippen LogP contribution in [-0.2, 0) is 25.0 Å². The fraction of sp³-hybridized carbons (Fsp3) is 0.381. The molecule has 0 atom stereocenters. The summed E-state index contributed by atoms with van der Waals surface area (Å²) in [6.07, 6.45) is 1.46. The molecule has 1 saturated carbocycles. The molecule has 2 fully saturated rings. The SMILES string of the molecule is COc1ccc(NC(=O)C2(c3ccc(Cl)cc3)CC2)cc1S(=O)(=O)N1CCOCC1. The molecular formula is C21H23ClN2O5S. The average Bonchev–Trinajstić information content (AvgIpc) is 3.57. The fourth-order valence-corrected chi connectivity index (χ4v) is 5.39. The third kappa shape index (κ3) is 3.92. The zero-order valence-corrected chi connectivity index (χ0v) is 18.1. The predicted molar refractivity (Wildman–Crippen MR) is 114 cm³/mol. The number of amides is 1. The molecular weight excluding hydrogens is 428 g/mol. The Morgan fingerprint density at radius 2 is 1.80 bits per heavy atom. The summed E-state index contributed by atoms with van der Waals surface area (Å²) in [6.45, 7) is 1.26. The Labute approximate surface area is 181 Å². The van der Waals surface area contributed by atoms with E-state index in [-0.39, 0.29) is 29.6 Å². The van der Waals surface area contributed by atoms with Gasteiger partial charge in [0, 0.05) is 23.8 Å². The maximum atomic E-state index is 13.1. The Morgan fingerprint density at radius 3 is 2.40 bits per heavy atom. The highest BCUT2D eigenvalue weighted by Crippen LogP contribution is 2.49. The zero-order chi connectivity index (χ0) is 21.4. The standard InChI is InChI=1S/C21H23ClN2O5S/c1-28-18-7-6-17(14-19(18)30(26,27)24-10-12-29-13-11-24)23-20(25)21(8-9-21)15-2-4-16(22)5-3-15/h2-7,14H,8-13H2,1H3,(H,23,25). The molecule has 160 valence electrons. The molecule has 2 aromatic carbocycles. The molecule has 1 amide bonds. The second-order valence-electron chi connectivity index (χ2n) is 7.43. The van der Waals surface area contributed by atoms with Crippen LogP contribution in [0, 0.1) is 0 Å². The molecule has 1 N–H and O–H groups in total. The van der Waals surface area contributed by atoms with Crippen molar-refractivity contribution in [1.29, 1.82) is 0 Å². The van der Waals surface area contributed by atoms with Crippen molar-refractivity contribution in [1.82, 2.24) is 4.31 Å². The van der Waals surface area contributed by atoms with Crippen LogP contribution in [0.2, 0.25) is 5.02 Å². The van der Waals surface area contributed by atoms with E-state index < -0.39 is 15.4 Å². The van der Waals surface area contributed by atoms with E-state index in [9.17, 15) is 13.2 Å². The molecule has 9 heteroatoms. The van der Waals surface area contributed by atoms with E-state index in [4.69, 9.17) is 21.1 Å². The summed E-state index contributed by atoms with van der Waals surface area (Å²) in [6, 6.07) is 11.9. The van der Waals surface area contributed by atoms with Crippen LogP contribution in [0.5, 0.6) is 5.75 Å². The van der Waals surface area contributed by atoms with Crippen LogP contribution in [0.3, 0.4) is 0 Å². The molecule has 0 spiro atoms. The smallest absolute Gasteiger partial charge is 0.246 e. The van der Waals surface area contributed by atoms with Crippen molar-refractivity contribution in [2.75, 3.05) is 38.7 Å². The summed E-state index contributed by atoms with van der Waals surface area (Å²) in [4.78, 5) is 13.1. The summed E-state index contributed by atoms with van der Waals surface area (Å²) in [5, 5.41) is 3.50. The third-order valence-electron chi connectivity index (χ3n) is 5.59. The number of carbonyl (C=O) groups excluding carboxylic acids is 1.